The second-order valence-electron chi connectivity index (χ2n) is 4.69. The first-order valence-corrected chi connectivity index (χ1v) is 6.71. The molecule has 0 saturated heterocycles. The number of hydrogen-bond donors (Lipinski definition) is 1. The summed E-state index contributed by atoms with van der Waals surface area (Å²) in [6.07, 6.45) is 2.57. The molecule has 3 heteroatoms. The summed E-state index contributed by atoms with van der Waals surface area (Å²) in [7, 11) is 0. The topological polar surface area (TPSA) is 28.7 Å². The van der Waals surface area contributed by atoms with Crippen molar-refractivity contribution < 1.29 is 0 Å². The van der Waals surface area contributed by atoms with Gasteiger partial charge in [-0.15, -0.1) is 0 Å². The molecule has 0 fully saturated rings. The fourth-order valence-corrected chi connectivity index (χ4v) is 2.35. The van der Waals surface area contributed by atoms with Crippen LogP contribution in [0, 0.1) is 4.64 Å². The first kappa shape index (κ1) is 13.0. The zero-order chi connectivity index (χ0) is 13.1. The van der Waals surface area contributed by atoms with Crippen LogP contribution in [0.15, 0.2) is 30.6 Å². The van der Waals surface area contributed by atoms with Gasteiger partial charge in [0.1, 0.15) is 4.64 Å². The average molecular weight is 258 g/mol. The minimum absolute atomic E-state index is 0.556. The fraction of sp³-hybridized carbons (Fsp3) is 0.333. The maximum atomic E-state index is 5.27. The maximum Gasteiger partial charge on any atom is 0.133 e. The molecule has 0 radical (unpaired) electrons. The van der Waals surface area contributed by atoms with Gasteiger partial charge in [-0.25, -0.2) is 4.98 Å². The highest BCUT2D eigenvalue weighted by Gasteiger charge is 2.07. The predicted molar refractivity (Wildman–Crippen MR) is 78.3 cm³/mol. The van der Waals surface area contributed by atoms with Crippen molar-refractivity contribution in [1.29, 1.82) is 0 Å². The molecular formula is C15H18N2S. The number of aromatic amines is 1. The second kappa shape index (κ2) is 5.44. The largest absolute Gasteiger partial charge is 0.346 e. The summed E-state index contributed by atoms with van der Waals surface area (Å²) in [4.78, 5) is 7.36. The van der Waals surface area contributed by atoms with Crippen molar-refractivity contribution in [3.63, 3.8) is 0 Å². The Labute approximate surface area is 113 Å². The quantitative estimate of drug-likeness (QED) is 0.822. The molecule has 1 heterocycles. The Balaban J connectivity index is 2.49. The highest BCUT2D eigenvalue weighted by molar-refractivity contribution is 7.71. The molecule has 2 nitrogen and oxygen atoms in total. The molecule has 0 amide bonds. The van der Waals surface area contributed by atoms with E-state index in [-0.39, 0.29) is 0 Å². The van der Waals surface area contributed by atoms with Crippen LogP contribution in [-0.2, 0) is 6.42 Å². The highest BCUT2D eigenvalue weighted by atomic mass is 32.1. The van der Waals surface area contributed by atoms with Crippen LogP contribution in [0.5, 0.6) is 0 Å². The standard InChI is InChI=1S/C15H18N2S/c1-4-13-14(16-9-17-15(13)18)12-7-5-11(6-8-12)10(2)3/h5-10H,4H2,1-3H3,(H,16,17,18). The average Bonchev–Trinajstić information content (AvgIpc) is 2.38. The van der Waals surface area contributed by atoms with Gasteiger partial charge < -0.3 is 4.98 Å². The molecule has 0 aliphatic carbocycles. The number of benzene rings is 1. The van der Waals surface area contributed by atoms with E-state index < -0.39 is 0 Å². The zero-order valence-electron chi connectivity index (χ0n) is 11.0. The molecule has 0 bridgehead atoms. The molecule has 2 aromatic rings. The molecule has 0 spiro atoms. The van der Waals surface area contributed by atoms with Crippen LogP contribution in [0.4, 0.5) is 0 Å². The van der Waals surface area contributed by atoms with Gasteiger partial charge in [0.05, 0.1) is 12.0 Å². The second-order valence-corrected chi connectivity index (χ2v) is 5.08. The van der Waals surface area contributed by atoms with Crippen molar-refractivity contribution in [1.82, 2.24) is 9.97 Å². The van der Waals surface area contributed by atoms with Crippen LogP contribution in [0.2, 0.25) is 0 Å². The van der Waals surface area contributed by atoms with Gasteiger partial charge >= 0.3 is 0 Å². The van der Waals surface area contributed by atoms with Gasteiger partial charge in [-0.2, -0.15) is 0 Å². The Kier molecular flexibility index (Phi) is 3.92. The third-order valence-electron chi connectivity index (χ3n) is 3.17. The third-order valence-corrected chi connectivity index (χ3v) is 3.52. The normalized spacial score (nSPS) is 10.9. The first-order valence-electron chi connectivity index (χ1n) is 6.30. The molecule has 0 aliphatic heterocycles. The van der Waals surface area contributed by atoms with Gasteiger partial charge in [0.2, 0.25) is 0 Å². The van der Waals surface area contributed by atoms with Gasteiger partial charge in [0.15, 0.2) is 0 Å². The van der Waals surface area contributed by atoms with E-state index in [2.05, 4.69) is 55.0 Å². The zero-order valence-corrected chi connectivity index (χ0v) is 11.8. The Morgan fingerprint density at radius 3 is 2.44 bits per heavy atom. The minimum Gasteiger partial charge on any atom is -0.346 e. The molecule has 2 rings (SSSR count). The van der Waals surface area contributed by atoms with Gasteiger partial charge in [-0.1, -0.05) is 57.3 Å². The van der Waals surface area contributed by atoms with Crippen molar-refractivity contribution in [2.24, 2.45) is 0 Å². The number of hydrogen-bond acceptors (Lipinski definition) is 2. The van der Waals surface area contributed by atoms with Gasteiger partial charge in [-0.05, 0) is 23.5 Å². The van der Waals surface area contributed by atoms with E-state index in [4.69, 9.17) is 12.2 Å². The summed E-state index contributed by atoms with van der Waals surface area (Å²) in [5.41, 5.74) is 4.73. The summed E-state index contributed by atoms with van der Waals surface area (Å²) in [6.45, 7) is 6.51. The van der Waals surface area contributed by atoms with Crippen LogP contribution < -0.4 is 0 Å². The summed E-state index contributed by atoms with van der Waals surface area (Å²) < 4.78 is 0.694. The molecule has 94 valence electrons. The molecule has 1 aromatic heterocycles. The van der Waals surface area contributed by atoms with Gasteiger partial charge in [0, 0.05) is 5.56 Å². The molecular weight excluding hydrogens is 240 g/mol. The summed E-state index contributed by atoms with van der Waals surface area (Å²) in [6, 6.07) is 8.65. The molecule has 0 unspecified atom stereocenters. The third kappa shape index (κ3) is 2.51. The Bertz CT molecular complexity index is 582. The number of H-pyrrole nitrogens is 1. The lowest BCUT2D eigenvalue weighted by molar-refractivity contribution is 0.867. The summed E-state index contributed by atoms with van der Waals surface area (Å²) in [5.74, 6) is 0.556. The van der Waals surface area contributed by atoms with Gasteiger partial charge in [-0.3, -0.25) is 0 Å². The van der Waals surface area contributed by atoms with Crippen molar-refractivity contribution in [3.05, 3.63) is 46.4 Å². The van der Waals surface area contributed by atoms with Crippen LogP contribution in [-0.4, -0.2) is 9.97 Å². The SMILES string of the molecule is CCc1c(-c2ccc(C(C)C)cc2)[nH]cnc1=S. The van der Waals surface area contributed by atoms with Crippen LogP contribution >= 0.6 is 12.2 Å². The smallest absolute Gasteiger partial charge is 0.133 e. The van der Waals surface area contributed by atoms with Crippen LogP contribution in [0.1, 0.15) is 37.8 Å². The van der Waals surface area contributed by atoms with Crippen LogP contribution in [0.3, 0.4) is 0 Å². The molecule has 1 N–H and O–H groups in total. The van der Waals surface area contributed by atoms with E-state index in [0.29, 0.717) is 10.6 Å². The lowest BCUT2D eigenvalue weighted by Gasteiger charge is -2.10. The lowest BCUT2D eigenvalue weighted by Crippen LogP contribution is -1.95. The number of rotatable bonds is 3. The van der Waals surface area contributed by atoms with Crippen molar-refractivity contribution in [2.75, 3.05) is 0 Å². The molecule has 0 atom stereocenters. The van der Waals surface area contributed by atoms with Crippen molar-refractivity contribution >= 4 is 12.2 Å². The first-order chi connectivity index (χ1) is 8.63. The van der Waals surface area contributed by atoms with Crippen LogP contribution in [0.25, 0.3) is 11.3 Å². The molecule has 1 aromatic carbocycles. The molecule has 0 aliphatic rings. The number of aromatic nitrogens is 2. The summed E-state index contributed by atoms with van der Waals surface area (Å²) >= 11 is 5.27. The van der Waals surface area contributed by atoms with E-state index in [1.165, 1.54) is 11.1 Å². The minimum atomic E-state index is 0.556. The molecule has 0 saturated carbocycles. The maximum absolute atomic E-state index is 5.27. The Morgan fingerprint density at radius 2 is 1.89 bits per heavy atom. The monoisotopic (exact) mass is 258 g/mol. The lowest BCUT2D eigenvalue weighted by atomic mass is 9.99. The predicted octanol–water partition coefficient (Wildman–Crippen LogP) is 4.49. The molecule has 18 heavy (non-hydrogen) atoms. The van der Waals surface area contributed by atoms with E-state index in [1.54, 1.807) is 6.33 Å². The van der Waals surface area contributed by atoms with E-state index >= 15 is 0 Å². The van der Waals surface area contributed by atoms with Gasteiger partial charge in [0.25, 0.3) is 0 Å². The van der Waals surface area contributed by atoms with E-state index in [9.17, 15) is 0 Å². The fourth-order valence-electron chi connectivity index (χ4n) is 2.05. The Hall–Kier alpha value is -1.48. The number of nitrogens with zero attached hydrogens (tertiary/aromatic N) is 1. The number of nitrogens with one attached hydrogen (secondary N) is 1. The van der Waals surface area contributed by atoms with Crippen molar-refractivity contribution in [2.45, 2.75) is 33.1 Å². The van der Waals surface area contributed by atoms with E-state index in [1.807, 2.05) is 0 Å². The van der Waals surface area contributed by atoms with E-state index in [0.717, 1.165) is 17.7 Å². The Morgan fingerprint density at radius 1 is 1.22 bits per heavy atom. The summed E-state index contributed by atoms with van der Waals surface area (Å²) in [5, 5.41) is 0. The highest BCUT2D eigenvalue weighted by Crippen LogP contribution is 2.24. The van der Waals surface area contributed by atoms with Crippen molar-refractivity contribution in [3.8, 4) is 11.3 Å².